The highest BCUT2D eigenvalue weighted by Gasteiger charge is 2.00. The van der Waals surface area contributed by atoms with Crippen molar-refractivity contribution in [2.75, 3.05) is 0 Å². The fourth-order valence-electron chi connectivity index (χ4n) is 1.14. The van der Waals surface area contributed by atoms with Crippen LogP contribution < -0.4 is 5.30 Å². The fourth-order valence-corrected chi connectivity index (χ4v) is 2.75. The second-order valence-electron chi connectivity index (χ2n) is 2.71. The van der Waals surface area contributed by atoms with E-state index in [2.05, 4.69) is 68.0 Å². The van der Waals surface area contributed by atoms with Gasteiger partial charge in [0.2, 0.25) is 0 Å². The van der Waals surface area contributed by atoms with Gasteiger partial charge in [-0.25, -0.2) is 0 Å². The van der Waals surface area contributed by atoms with Crippen LogP contribution in [-0.4, -0.2) is 0 Å². The molecule has 0 saturated carbocycles. The monoisotopic (exact) mass is 190 g/mol. The Morgan fingerprint density at radius 2 is 1.46 bits per heavy atom. The molecule has 0 nitrogen and oxygen atoms in total. The third kappa shape index (κ3) is 3.16. The summed E-state index contributed by atoms with van der Waals surface area (Å²) in [6, 6.07) is 10.6. The molecular formula is C12H15P. The molecule has 0 heterocycles. The minimum Gasteiger partial charge on any atom is -0.0866 e. The summed E-state index contributed by atoms with van der Waals surface area (Å²) in [5.41, 5.74) is 0. The first-order chi connectivity index (χ1) is 6.38. The van der Waals surface area contributed by atoms with E-state index in [0.717, 1.165) is 0 Å². The van der Waals surface area contributed by atoms with Crippen molar-refractivity contribution in [1.29, 1.82) is 0 Å². The highest BCUT2D eigenvalue weighted by Crippen LogP contribution is 2.37. The lowest BCUT2D eigenvalue weighted by Gasteiger charge is -2.07. The highest BCUT2D eigenvalue weighted by atomic mass is 31.1. The molecule has 0 aliphatic carbocycles. The molecule has 0 unspecified atom stereocenters. The normalized spacial score (nSPS) is 11.9. The summed E-state index contributed by atoms with van der Waals surface area (Å²) in [6.07, 6.45) is 4.25. The van der Waals surface area contributed by atoms with E-state index in [1.165, 1.54) is 5.30 Å². The van der Waals surface area contributed by atoms with Gasteiger partial charge in [0, 0.05) is 0 Å². The quantitative estimate of drug-likeness (QED) is 0.635. The molecule has 0 bridgehead atoms. The van der Waals surface area contributed by atoms with Gasteiger partial charge in [-0.2, -0.15) is 0 Å². The standard InChI is InChI=1S/C12H15P/c1-3-10-13(11-4-2)12-8-6-5-7-9-12/h3-11H,1-2H3/b10-3-,11-4-. The van der Waals surface area contributed by atoms with Crippen LogP contribution >= 0.6 is 7.92 Å². The van der Waals surface area contributed by atoms with Gasteiger partial charge < -0.3 is 0 Å². The van der Waals surface area contributed by atoms with E-state index in [1.54, 1.807) is 0 Å². The van der Waals surface area contributed by atoms with Gasteiger partial charge >= 0.3 is 0 Å². The van der Waals surface area contributed by atoms with Gasteiger partial charge in [0.1, 0.15) is 0 Å². The van der Waals surface area contributed by atoms with E-state index in [1.807, 2.05) is 0 Å². The molecule has 1 aromatic carbocycles. The lowest BCUT2D eigenvalue weighted by Crippen LogP contribution is -1.94. The maximum atomic E-state index is 2.27. The predicted octanol–water partition coefficient (Wildman–Crippen LogP) is 3.86. The van der Waals surface area contributed by atoms with Crippen LogP contribution in [0.25, 0.3) is 0 Å². The Hall–Kier alpha value is -0.870. The number of hydrogen-bond acceptors (Lipinski definition) is 0. The Morgan fingerprint density at radius 1 is 0.923 bits per heavy atom. The average molecular weight is 190 g/mol. The Morgan fingerprint density at radius 3 is 1.92 bits per heavy atom. The summed E-state index contributed by atoms with van der Waals surface area (Å²) in [5, 5.41) is 1.41. The zero-order chi connectivity index (χ0) is 9.52. The zero-order valence-corrected chi connectivity index (χ0v) is 9.04. The van der Waals surface area contributed by atoms with Gasteiger partial charge in [-0.05, 0) is 27.1 Å². The van der Waals surface area contributed by atoms with Crippen LogP contribution in [0, 0.1) is 0 Å². The van der Waals surface area contributed by atoms with Crippen LogP contribution in [0.4, 0.5) is 0 Å². The molecule has 0 aliphatic heterocycles. The molecule has 1 heteroatoms. The Bertz CT molecular complexity index is 273. The summed E-state index contributed by atoms with van der Waals surface area (Å²) in [4.78, 5) is 0. The summed E-state index contributed by atoms with van der Waals surface area (Å²) in [5.74, 6) is 4.54. The van der Waals surface area contributed by atoms with Crippen molar-refractivity contribution in [3.8, 4) is 0 Å². The van der Waals surface area contributed by atoms with Crippen molar-refractivity contribution in [2.45, 2.75) is 13.8 Å². The van der Waals surface area contributed by atoms with Crippen molar-refractivity contribution in [3.05, 3.63) is 54.1 Å². The van der Waals surface area contributed by atoms with E-state index >= 15 is 0 Å². The van der Waals surface area contributed by atoms with Gasteiger partial charge in [-0.3, -0.25) is 0 Å². The number of rotatable bonds is 3. The molecule has 0 atom stereocenters. The smallest absolute Gasteiger partial charge is 0.0162 e. The lowest BCUT2D eigenvalue weighted by atomic mass is 10.4. The van der Waals surface area contributed by atoms with E-state index in [0.29, 0.717) is 0 Å². The first-order valence-corrected chi connectivity index (χ1v) is 5.95. The second-order valence-corrected chi connectivity index (χ2v) is 4.63. The fraction of sp³-hybridized carbons (Fsp3) is 0.167. The molecule has 0 aliphatic rings. The molecule has 0 saturated heterocycles. The molecule has 1 rings (SSSR count). The molecule has 0 radical (unpaired) electrons. The molecule has 0 fully saturated rings. The van der Waals surface area contributed by atoms with Crippen molar-refractivity contribution < 1.29 is 0 Å². The SMILES string of the molecule is C/C=C\P(/C=C\C)c1ccccc1. The molecule has 68 valence electrons. The topological polar surface area (TPSA) is 0 Å². The van der Waals surface area contributed by atoms with Crippen LogP contribution in [0.1, 0.15) is 13.8 Å². The van der Waals surface area contributed by atoms with Crippen LogP contribution in [-0.2, 0) is 0 Å². The van der Waals surface area contributed by atoms with Crippen LogP contribution in [0.2, 0.25) is 0 Å². The third-order valence-corrected chi connectivity index (χ3v) is 3.81. The first kappa shape index (κ1) is 10.2. The minimum absolute atomic E-state index is 0.217. The summed E-state index contributed by atoms with van der Waals surface area (Å²) in [6.45, 7) is 4.14. The molecule has 13 heavy (non-hydrogen) atoms. The van der Waals surface area contributed by atoms with Crippen LogP contribution in [0.15, 0.2) is 54.1 Å². The van der Waals surface area contributed by atoms with Gasteiger partial charge in [0.05, 0.1) is 0 Å². The molecule has 1 aromatic rings. The van der Waals surface area contributed by atoms with E-state index < -0.39 is 0 Å². The second kappa shape index (κ2) is 5.72. The third-order valence-electron chi connectivity index (χ3n) is 1.67. The van der Waals surface area contributed by atoms with Gasteiger partial charge in [-0.15, -0.1) is 0 Å². The van der Waals surface area contributed by atoms with Gasteiger partial charge in [0.15, 0.2) is 0 Å². The largest absolute Gasteiger partial charge is 0.0866 e. The zero-order valence-electron chi connectivity index (χ0n) is 8.14. The van der Waals surface area contributed by atoms with Gasteiger partial charge in [0.25, 0.3) is 0 Å². The van der Waals surface area contributed by atoms with Gasteiger partial charge in [-0.1, -0.05) is 54.1 Å². The predicted molar refractivity (Wildman–Crippen MR) is 62.6 cm³/mol. The highest BCUT2D eigenvalue weighted by molar-refractivity contribution is 7.71. The first-order valence-electron chi connectivity index (χ1n) is 4.47. The summed E-state index contributed by atoms with van der Waals surface area (Å²) >= 11 is 0. The Kier molecular flexibility index (Phi) is 4.49. The lowest BCUT2D eigenvalue weighted by molar-refractivity contribution is 1.75. The average Bonchev–Trinajstić information content (AvgIpc) is 2.19. The number of hydrogen-bond donors (Lipinski definition) is 0. The minimum atomic E-state index is -0.217. The van der Waals surface area contributed by atoms with Crippen molar-refractivity contribution in [2.24, 2.45) is 0 Å². The number of benzene rings is 1. The molecule has 0 spiro atoms. The Labute approximate surface area is 81.7 Å². The summed E-state index contributed by atoms with van der Waals surface area (Å²) < 4.78 is 0. The van der Waals surface area contributed by atoms with E-state index in [4.69, 9.17) is 0 Å². The van der Waals surface area contributed by atoms with Crippen LogP contribution in [0.3, 0.4) is 0 Å². The molecule has 0 amide bonds. The molecule has 0 aromatic heterocycles. The maximum Gasteiger partial charge on any atom is -0.0162 e. The van der Waals surface area contributed by atoms with Crippen molar-refractivity contribution in [1.82, 2.24) is 0 Å². The Balaban J connectivity index is 2.88. The van der Waals surface area contributed by atoms with Crippen molar-refractivity contribution >= 4 is 13.2 Å². The van der Waals surface area contributed by atoms with Crippen molar-refractivity contribution in [3.63, 3.8) is 0 Å². The van der Waals surface area contributed by atoms with E-state index in [-0.39, 0.29) is 7.92 Å². The molecule has 0 N–H and O–H groups in total. The molecular weight excluding hydrogens is 175 g/mol. The summed E-state index contributed by atoms with van der Waals surface area (Å²) in [7, 11) is -0.217. The number of allylic oxidation sites excluding steroid dienone is 2. The maximum absolute atomic E-state index is 2.27. The van der Waals surface area contributed by atoms with Crippen LogP contribution in [0.5, 0.6) is 0 Å². The van der Waals surface area contributed by atoms with E-state index in [9.17, 15) is 0 Å².